The Bertz CT molecular complexity index is 1780. The lowest BCUT2D eigenvalue weighted by Crippen LogP contribution is -2.52. The molecule has 43 heavy (non-hydrogen) atoms. The molecular formula is C31H24Cl2N2O7S. The molecule has 0 unspecified atom stereocenters. The number of hydrogen-bond acceptors (Lipinski definition) is 7. The molecule has 1 aliphatic heterocycles. The molecule has 1 saturated carbocycles. The average molecular weight is 640 g/mol. The Morgan fingerprint density at radius 1 is 0.860 bits per heavy atom. The van der Waals surface area contributed by atoms with Crippen LogP contribution in [0.4, 0.5) is 0 Å². The molecule has 3 amide bonds. The molecular weight excluding hydrogens is 615 g/mol. The van der Waals surface area contributed by atoms with Gasteiger partial charge in [-0.3, -0.25) is 19.2 Å². The van der Waals surface area contributed by atoms with E-state index in [0.29, 0.717) is 6.42 Å². The van der Waals surface area contributed by atoms with Gasteiger partial charge in [0, 0.05) is 11.1 Å². The van der Waals surface area contributed by atoms with Gasteiger partial charge in [-0.25, -0.2) is 5.01 Å². The number of aryl methyl sites for hydroxylation is 1. The van der Waals surface area contributed by atoms with Crippen molar-refractivity contribution in [1.29, 1.82) is 0 Å². The van der Waals surface area contributed by atoms with E-state index in [1.54, 1.807) is 12.1 Å². The lowest BCUT2D eigenvalue weighted by molar-refractivity contribution is -0.154. The quantitative estimate of drug-likeness (QED) is 0.145. The molecule has 4 atom stereocenters. The van der Waals surface area contributed by atoms with Crippen LogP contribution in [-0.2, 0) is 19.7 Å². The highest BCUT2D eigenvalue weighted by molar-refractivity contribution is 7.87. The maximum absolute atomic E-state index is 13.7. The van der Waals surface area contributed by atoms with Gasteiger partial charge in [0.15, 0.2) is 5.78 Å². The van der Waals surface area contributed by atoms with Gasteiger partial charge in [-0.15, -0.1) is 0 Å². The molecule has 1 saturated heterocycles. The summed E-state index contributed by atoms with van der Waals surface area (Å²) in [5.41, 5.74) is 1.03. The lowest BCUT2D eigenvalue weighted by Gasteiger charge is -2.31. The van der Waals surface area contributed by atoms with E-state index in [4.69, 9.17) is 27.4 Å². The molecule has 0 spiro atoms. The zero-order valence-corrected chi connectivity index (χ0v) is 25.0. The second-order valence-corrected chi connectivity index (χ2v) is 13.1. The van der Waals surface area contributed by atoms with Crippen molar-refractivity contribution in [3.8, 4) is 5.75 Å². The van der Waals surface area contributed by atoms with Crippen LogP contribution in [0.5, 0.6) is 5.75 Å². The summed E-state index contributed by atoms with van der Waals surface area (Å²) in [4.78, 5) is 54.3. The summed E-state index contributed by atoms with van der Waals surface area (Å²) >= 11 is 12.1. The molecule has 12 heteroatoms. The van der Waals surface area contributed by atoms with Crippen LogP contribution in [0.25, 0.3) is 0 Å². The van der Waals surface area contributed by atoms with Crippen LogP contribution in [0.15, 0.2) is 83.8 Å². The van der Waals surface area contributed by atoms with E-state index < -0.39 is 52.0 Å². The van der Waals surface area contributed by atoms with Crippen LogP contribution in [0, 0.1) is 30.6 Å². The molecule has 3 aliphatic rings. The molecule has 2 fully saturated rings. The van der Waals surface area contributed by atoms with E-state index in [-0.39, 0.29) is 43.7 Å². The van der Waals surface area contributed by atoms with E-state index in [1.807, 2.05) is 19.1 Å². The van der Waals surface area contributed by atoms with Crippen LogP contribution in [-0.4, -0.2) is 48.5 Å². The van der Waals surface area contributed by atoms with Gasteiger partial charge in [0.25, 0.3) is 17.7 Å². The monoisotopic (exact) mass is 638 g/mol. The molecule has 220 valence electrons. The minimum Gasteiger partial charge on any atom is -0.379 e. The first kappa shape index (κ1) is 29.1. The number of halogens is 2. The van der Waals surface area contributed by atoms with Crippen LogP contribution < -0.4 is 4.18 Å². The highest BCUT2D eigenvalue weighted by atomic mass is 35.5. The lowest BCUT2D eigenvalue weighted by atomic mass is 9.85. The van der Waals surface area contributed by atoms with Gasteiger partial charge < -0.3 is 4.18 Å². The maximum atomic E-state index is 13.7. The largest absolute Gasteiger partial charge is 0.379 e. The Morgan fingerprint density at radius 3 is 2.02 bits per heavy atom. The van der Waals surface area contributed by atoms with E-state index in [0.717, 1.165) is 15.6 Å². The number of rotatable bonds is 8. The minimum atomic E-state index is -4.11. The van der Waals surface area contributed by atoms with Crippen molar-refractivity contribution in [2.45, 2.75) is 18.2 Å². The first-order chi connectivity index (χ1) is 20.4. The number of benzene rings is 3. The fourth-order valence-electron chi connectivity index (χ4n) is 5.94. The number of fused-ring (bicyclic) bond motifs is 5. The average Bonchev–Trinajstić information content (AvgIpc) is 3.67. The van der Waals surface area contributed by atoms with E-state index >= 15 is 0 Å². The Kier molecular flexibility index (Phi) is 7.40. The van der Waals surface area contributed by atoms with E-state index in [9.17, 15) is 27.6 Å². The number of hydrazine groups is 1. The zero-order chi connectivity index (χ0) is 30.6. The molecule has 0 N–H and O–H groups in total. The standard InChI is InChI=1S/C31H24Cl2N2O7S/c1-17-2-11-23(12-3-17)43(40,41)42-22-9-6-18(7-10-22)26(36)16-34(29(37)21-8-13-24(32)25(33)15-21)35-30(38)27-19-4-5-20(14-19)28(27)31(35)39/h2-13,15,19-20,27-28H,14,16H2,1H3/t19-,20-,27-,28-/m0/s1. The highest BCUT2D eigenvalue weighted by Gasteiger charge is 2.61. The van der Waals surface area contributed by atoms with E-state index in [2.05, 4.69) is 0 Å². The van der Waals surface area contributed by atoms with Crippen LogP contribution in [0.3, 0.4) is 0 Å². The normalized spacial score (nSPS) is 22.2. The molecule has 0 radical (unpaired) electrons. The summed E-state index contributed by atoms with van der Waals surface area (Å²) in [6.07, 6.45) is 4.56. The van der Waals surface area contributed by atoms with E-state index in [1.165, 1.54) is 54.6 Å². The SMILES string of the molecule is Cc1ccc(S(=O)(=O)Oc2ccc(C(=O)CN(C(=O)c3ccc(Cl)c(Cl)c3)N3C(=O)[C@@H]4[C@@H](C3=O)[C@H]3C=C[C@H]4C3)cc2)cc1. The summed E-state index contributed by atoms with van der Waals surface area (Å²) in [5.74, 6) is -3.84. The van der Waals surface area contributed by atoms with Crippen LogP contribution in [0.1, 0.15) is 32.7 Å². The van der Waals surface area contributed by atoms with Crippen molar-refractivity contribution in [3.63, 3.8) is 0 Å². The van der Waals surface area contributed by atoms with Gasteiger partial charge in [0.1, 0.15) is 17.2 Å². The number of ketones is 1. The number of imide groups is 1. The second kappa shape index (κ2) is 10.9. The summed E-state index contributed by atoms with van der Waals surface area (Å²) in [6, 6.07) is 15.6. The molecule has 3 aromatic carbocycles. The van der Waals surface area contributed by atoms with Crippen molar-refractivity contribution in [2.24, 2.45) is 23.7 Å². The number of allylic oxidation sites excluding steroid dienone is 2. The van der Waals surface area contributed by atoms with Crippen molar-refractivity contribution in [3.05, 3.63) is 106 Å². The fourth-order valence-corrected chi connectivity index (χ4v) is 7.17. The highest BCUT2D eigenvalue weighted by Crippen LogP contribution is 2.52. The van der Waals surface area contributed by atoms with Gasteiger partial charge in [-0.2, -0.15) is 13.4 Å². The Balaban J connectivity index is 1.26. The number of carbonyl (C=O) groups excluding carboxylic acids is 4. The second-order valence-electron chi connectivity index (χ2n) is 10.8. The smallest absolute Gasteiger partial charge is 0.339 e. The van der Waals surface area contributed by atoms with Gasteiger partial charge in [0.05, 0.1) is 21.9 Å². The molecule has 3 aromatic rings. The van der Waals surface area contributed by atoms with Crippen LogP contribution in [0.2, 0.25) is 10.0 Å². The first-order valence-corrected chi connectivity index (χ1v) is 15.6. The minimum absolute atomic E-state index is 0.0249. The third-order valence-corrected chi connectivity index (χ3v) is 10.1. The van der Waals surface area contributed by atoms with Gasteiger partial charge in [-0.05, 0) is 79.8 Å². The summed E-state index contributed by atoms with van der Waals surface area (Å²) in [6.45, 7) is 1.19. The van der Waals surface area contributed by atoms with Gasteiger partial charge >= 0.3 is 10.1 Å². The molecule has 6 rings (SSSR count). The van der Waals surface area contributed by atoms with Crippen molar-refractivity contribution >= 4 is 56.8 Å². The predicted octanol–water partition coefficient (Wildman–Crippen LogP) is 5.12. The molecule has 1 heterocycles. The number of hydrogen-bond donors (Lipinski definition) is 0. The number of carbonyl (C=O) groups is 4. The number of Topliss-reactive ketones (excluding diaryl/α,β-unsaturated/α-hetero) is 1. The molecule has 9 nitrogen and oxygen atoms in total. The third kappa shape index (κ3) is 5.24. The number of amides is 3. The third-order valence-electron chi connectivity index (χ3n) is 8.07. The Labute approximate surface area is 257 Å². The first-order valence-electron chi connectivity index (χ1n) is 13.4. The summed E-state index contributed by atoms with van der Waals surface area (Å²) in [5, 5.41) is 1.96. The molecule has 0 aromatic heterocycles. The van der Waals surface area contributed by atoms with Crippen molar-refractivity contribution < 1.29 is 31.8 Å². The zero-order valence-electron chi connectivity index (χ0n) is 22.6. The predicted molar refractivity (Wildman–Crippen MR) is 157 cm³/mol. The fraction of sp³-hybridized carbons (Fsp3) is 0.226. The van der Waals surface area contributed by atoms with Gasteiger partial charge in [0.2, 0.25) is 0 Å². The Hall–Kier alpha value is -3.99. The summed E-state index contributed by atoms with van der Waals surface area (Å²) in [7, 11) is -4.11. The van der Waals surface area contributed by atoms with Crippen molar-refractivity contribution in [2.75, 3.05) is 6.54 Å². The van der Waals surface area contributed by atoms with Crippen LogP contribution >= 0.6 is 23.2 Å². The maximum Gasteiger partial charge on any atom is 0.339 e. The summed E-state index contributed by atoms with van der Waals surface area (Å²) < 4.78 is 30.5. The molecule has 2 bridgehead atoms. The number of nitrogens with zero attached hydrogens (tertiary/aromatic N) is 2. The van der Waals surface area contributed by atoms with Crippen molar-refractivity contribution in [1.82, 2.24) is 10.0 Å². The topological polar surface area (TPSA) is 118 Å². The molecule has 2 aliphatic carbocycles. The Morgan fingerprint density at radius 2 is 1.44 bits per heavy atom. The van der Waals surface area contributed by atoms with Gasteiger partial charge in [-0.1, -0.05) is 53.1 Å².